The molecule has 1 rings (SSSR count). The monoisotopic (exact) mass is 267 g/mol. The lowest BCUT2D eigenvalue weighted by atomic mass is 9.91. The first-order chi connectivity index (χ1) is 8.90. The molecule has 1 atom stereocenters. The number of hydrogen-bond donors (Lipinski definition) is 2. The quantitative estimate of drug-likeness (QED) is 0.832. The lowest BCUT2D eigenvalue weighted by Gasteiger charge is -2.15. The van der Waals surface area contributed by atoms with Crippen molar-refractivity contribution in [3.05, 3.63) is 30.1 Å². The maximum Gasteiger partial charge on any atom is 0.306 e. The number of benzene rings is 1. The Morgan fingerprint density at radius 2 is 1.84 bits per heavy atom. The summed E-state index contributed by atoms with van der Waals surface area (Å²) in [6, 6.07) is 5.43. The third-order valence-corrected chi connectivity index (χ3v) is 2.93. The van der Waals surface area contributed by atoms with Crippen molar-refractivity contribution in [2.24, 2.45) is 11.8 Å². The Hall–Kier alpha value is -1.91. The summed E-state index contributed by atoms with van der Waals surface area (Å²) in [5, 5.41) is 11.6. The van der Waals surface area contributed by atoms with E-state index in [-0.39, 0.29) is 24.1 Å². The Kier molecular flexibility index (Phi) is 5.48. The average Bonchev–Trinajstić information content (AvgIpc) is 2.31. The highest BCUT2D eigenvalue weighted by atomic mass is 19.1. The second-order valence-corrected chi connectivity index (χ2v) is 4.78. The summed E-state index contributed by atoms with van der Waals surface area (Å²) in [4.78, 5) is 22.6. The molecule has 104 valence electrons. The fraction of sp³-hybridized carbons (Fsp3) is 0.429. The highest BCUT2D eigenvalue weighted by Gasteiger charge is 2.22. The van der Waals surface area contributed by atoms with E-state index in [1.165, 1.54) is 24.3 Å². The molecule has 1 amide bonds. The number of nitrogens with one attached hydrogen (secondary N) is 1. The molecule has 5 heteroatoms. The van der Waals surface area contributed by atoms with E-state index in [0.717, 1.165) is 0 Å². The topological polar surface area (TPSA) is 66.4 Å². The minimum absolute atomic E-state index is 0.0175. The molecule has 4 nitrogen and oxygen atoms in total. The molecule has 1 aromatic carbocycles. The minimum Gasteiger partial charge on any atom is -0.481 e. The maximum atomic E-state index is 12.7. The first kappa shape index (κ1) is 15.1. The van der Waals surface area contributed by atoms with Gasteiger partial charge in [0, 0.05) is 12.1 Å². The van der Waals surface area contributed by atoms with Gasteiger partial charge in [-0.2, -0.15) is 0 Å². The van der Waals surface area contributed by atoms with Gasteiger partial charge in [-0.3, -0.25) is 9.59 Å². The molecule has 0 aliphatic heterocycles. The van der Waals surface area contributed by atoms with Crippen molar-refractivity contribution in [2.45, 2.75) is 26.7 Å². The standard InChI is InChI=1S/C14H18FNO3/c1-9(2)12(14(18)19)7-8-13(17)16-11-5-3-10(15)4-6-11/h3-6,9,12H,7-8H2,1-2H3,(H,16,17)(H,18,19). The molecule has 1 aromatic rings. The SMILES string of the molecule is CC(C)C(CCC(=O)Nc1ccc(F)cc1)C(=O)O. The average molecular weight is 267 g/mol. The van der Waals surface area contributed by atoms with E-state index in [0.29, 0.717) is 12.1 Å². The van der Waals surface area contributed by atoms with Crippen LogP contribution in [0.2, 0.25) is 0 Å². The fourth-order valence-electron chi connectivity index (χ4n) is 1.79. The van der Waals surface area contributed by atoms with E-state index in [2.05, 4.69) is 5.32 Å². The van der Waals surface area contributed by atoms with Crippen LogP contribution in [0.25, 0.3) is 0 Å². The molecular formula is C14H18FNO3. The first-order valence-corrected chi connectivity index (χ1v) is 6.18. The van der Waals surface area contributed by atoms with E-state index in [1.54, 1.807) is 0 Å². The van der Waals surface area contributed by atoms with E-state index in [9.17, 15) is 14.0 Å². The zero-order chi connectivity index (χ0) is 14.4. The molecule has 0 spiro atoms. The summed E-state index contributed by atoms with van der Waals surface area (Å²) in [6.45, 7) is 3.63. The van der Waals surface area contributed by atoms with Crippen molar-refractivity contribution < 1.29 is 19.1 Å². The fourth-order valence-corrected chi connectivity index (χ4v) is 1.79. The van der Waals surface area contributed by atoms with Crippen LogP contribution in [0.1, 0.15) is 26.7 Å². The summed E-state index contributed by atoms with van der Waals surface area (Å²) in [6.07, 6.45) is 0.423. The van der Waals surface area contributed by atoms with Gasteiger partial charge in [0.2, 0.25) is 5.91 Å². The summed E-state index contributed by atoms with van der Waals surface area (Å²) in [5.74, 6) is -2.07. The van der Waals surface area contributed by atoms with Crippen LogP contribution in [0.4, 0.5) is 10.1 Å². The largest absolute Gasteiger partial charge is 0.481 e. The van der Waals surface area contributed by atoms with Crippen LogP contribution in [-0.2, 0) is 9.59 Å². The number of aliphatic carboxylic acids is 1. The summed E-state index contributed by atoms with van der Waals surface area (Å²) in [5.41, 5.74) is 0.503. The number of anilines is 1. The van der Waals surface area contributed by atoms with Crippen molar-refractivity contribution in [1.29, 1.82) is 0 Å². The Bertz CT molecular complexity index is 443. The van der Waals surface area contributed by atoms with Gasteiger partial charge >= 0.3 is 5.97 Å². The number of amides is 1. The molecule has 1 unspecified atom stereocenters. The summed E-state index contributed by atoms with van der Waals surface area (Å²) >= 11 is 0. The maximum absolute atomic E-state index is 12.7. The van der Waals surface area contributed by atoms with Crippen molar-refractivity contribution >= 4 is 17.6 Å². The number of halogens is 1. The lowest BCUT2D eigenvalue weighted by molar-refractivity contribution is -0.143. The predicted octanol–water partition coefficient (Wildman–Crippen LogP) is 2.90. The molecule has 19 heavy (non-hydrogen) atoms. The van der Waals surface area contributed by atoms with Gasteiger partial charge in [0.15, 0.2) is 0 Å². The molecule has 0 aliphatic rings. The zero-order valence-electron chi connectivity index (χ0n) is 11.0. The zero-order valence-corrected chi connectivity index (χ0v) is 11.0. The van der Waals surface area contributed by atoms with Crippen LogP contribution in [-0.4, -0.2) is 17.0 Å². The second-order valence-electron chi connectivity index (χ2n) is 4.78. The Morgan fingerprint density at radius 3 is 2.32 bits per heavy atom. The number of carboxylic acid groups (broad SMARTS) is 1. The lowest BCUT2D eigenvalue weighted by Crippen LogP contribution is -2.22. The number of hydrogen-bond acceptors (Lipinski definition) is 2. The molecular weight excluding hydrogens is 249 g/mol. The van der Waals surface area contributed by atoms with Crippen molar-refractivity contribution in [1.82, 2.24) is 0 Å². The van der Waals surface area contributed by atoms with Crippen LogP contribution < -0.4 is 5.32 Å². The van der Waals surface area contributed by atoms with Gasteiger partial charge in [-0.25, -0.2) is 4.39 Å². The molecule has 0 aliphatic carbocycles. The van der Waals surface area contributed by atoms with Gasteiger partial charge in [-0.05, 0) is 36.6 Å². The molecule has 0 saturated carbocycles. The third kappa shape index (κ3) is 5.07. The first-order valence-electron chi connectivity index (χ1n) is 6.18. The second kappa shape index (κ2) is 6.87. The molecule has 0 saturated heterocycles. The van der Waals surface area contributed by atoms with Crippen molar-refractivity contribution in [3.63, 3.8) is 0 Å². The summed E-state index contributed by atoms with van der Waals surface area (Å²) in [7, 11) is 0. The Morgan fingerprint density at radius 1 is 1.26 bits per heavy atom. The molecule has 0 heterocycles. The Balaban J connectivity index is 2.47. The number of carboxylic acids is 1. The van der Waals surface area contributed by atoms with E-state index in [4.69, 9.17) is 5.11 Å². The number of rotatable bonds is 6. The number of carbonyl (C=O) groups is 2. The van der Waals surface area contributed by atoms with Gasteiger partial charge in [-0.1, -0.05) is 13.8 Å². The van der Waals surface area contributed by atoms with Gasteiger partial charge < -0.3 is 10.4 Å². The third-order valence-electron chi connectivity index (χ3n) is 2.93. The molecule has 0 fully saturated rings. The smallest absolute Gasteiger partial charge is 0.306 e. The van der Waals surface area contributed by atoms with Gasteiger partial charge in [0.25, 0.3) is 0 Å². The summed E-state index contributed by atoms with van der Waals surface area (Å²) < 4.78 is 12.7. The Labute approximate surface area is 111 Å². The normalized spacial score (nSPS) is 12.2. The molecule has 0 radical (unpaired) electrons. The van der Waals surface area contributed by atoms with Crippen LogP contribution in [0.3, 0.4) is 0 Å². The van der Waals surface area contributed by atoms with Crippen LogP contribution in [0, 0.1) is 17.7 Å². The van der Waals surface area contributed by atoms with E-state index >= 15 is 0 Å². The van der Waals surface area contributed by atoms with Gasteiger partial charge in [0.05, 0.1) is 5.92 Å². The molecule has 0 bridgehead atoms. The van der Waals surface area contributed by atoms with Gasteiger partial charge in [0.1, 0.15) is 5.82 Å². The predicted molar refractivity (Wildman–Crippen MR) is 70.2 cm³/mol. The van der Waals surface area contributed by atoms with E-state index in [1.807, 2.05) is 13.8 Å². The highest BCUT2D eigenvalue weighted by molar-refractivity contribution is 5.90. The van der Waals surface area contributed by atoms with Crippen LogP contribution in [0.5, 0.6) is 0 Å². The van der Waals surface area contributed by atoms with E-state index < -0.39 is 11.9 Å². The minimum atomic E-state index is -0.885. The van der Waals surface area contributed by atoms with Crippen molar-refractivity contribution in [3.8, 4) is 0 Å². The molecule has 0 aromatic heterocycles. The number of carbonyl (C=O) groups excluding carboxylic acids is 1. The van der Waals surface area contributed by atoms with Crippen molar-refractivity contribution in [2.75, 3.05) is 5.32 Å². The van der Waals surface area contributed by atoms with Crippen LogP contribution in [0.15, 0.2) is 24.3 Å². The highest BCUT2D eigenvalue weighted by Crippen LogP contribution is 2.18. The van der Waals surface area contributed by atoms with Crippen LogP contribution >= 0.6 is 0 Å². The molecule has 2 N–H and O–H groups in total. The van der Waals surface area contributed by atoms with Gasteiger partial charge in [-0.15, -0.1) is 0 Å².